The van der Waals surface area contributed by atoms with Gasteiger partial charge in [0.05, 0.1) is 21.7 Å². The molecule has 154 valence electrons. The van der Waals surface area contributed by atoms with Gasteiger partial charge in [-0.1, -0.05) is 18.2 Å². The van der Waals surface area contributed by atoms with E-state index in [2.05, 4.69) is 44.2 Å². The van der Waals surface area contributed by atoms with Crippen molar-refractivity contribution in [1.29, 1.82) is 0 Å². The second kappa shape index (κ2) is 9.45. The van der Waals surface area contributed by atoms with E-state index >= 15 is 0 Å². The summed E-state index contributed by atoms with van der Waals surface area (Å²) in [4.78, 5) is 16.5. The Bertz CT molecular complexity index is 1200. The van der Waals surface area contributed by atoms with Crippen LogP contribution in [0.1, 0.15) is 10.4 Å². The minimum Gasteiger partial charge on any atom is -0.455 e. The van der Waals surface area contributed by atoms with Gasteiger partial charge < -0.3 is 10.1 Å². The largest absolute Gasteiger partial charge is 0.455 e. The van der Waals surface area contributed by atoms with E-state index < -0.39 is 15.9 Å². The molecule has 2 N–H and O–H groups in total. The third-order valence-corrected chi connectivity index (χ3v) is 6.06. The highest BCUT2D eigenvalue weighted by Gasteiger charge is 2.18. The van der Waals surface area contributed by atoms with Gasteiger partial charge in [0.15, 0.2) is 0 Å². The van der Waals surface area contributed by atoms with Crippen LogP contribution in [0.25, 0.3) is 0 Å². The molecule has 0 saturated heterocycles. The van der Waals surface area contributed by atoms with Crippen molar-refractivity contribution in [1.82, 2.24) is 10.3 Å². The van der Waals surface area contributed by atoms with Crippen molar-refractivity contribution >= 4 is 55.8 Å². The summed E-state index contributed by atoms with van der Waals surface area (Å²) in [6.45, 7) is 3.47. The first-order chi connectivity index (χ1) is 14.3. The predicted octanol–water partition coefficient (Wildman–Crippen LogP) is 4.81. The normalized spacial score (nSPS) is 10.9. The van der Waals surface area contributed by atoms with Crippen LogP contribution in [0, 0.1) is 3.57 Å². The molecule has 0 radical (unpaired) electrons. The van der Waals surface area contributed by atoms with E-state index in [1.54, 1.807) is 12.1 Å². The Balaban J connectivity index is 1.94. The second-order valence-corrected chi connectivity index (χ2v) is 9.25. The topological polar surface area (TPSA) is 97.4 Å². The molecule has 0 aliphatic heterocycles. The molecule has 0 unspecified atom stereocenters. The molecule has 7 nitrogen and oxygen atoms in total. The lowest BCUT2D eigenvalue weighted by molar-refractivity contribution is 0.0968. The van der Waals surface area contributed by atoms with Gasteiger partial charge in [0.2, 0.25) is 0 Å². The Hall–Kier alpha value is -2.63. The van der Waals surface area contributed by atoms with Crippen LogP contribution in [-0.4, -0.2) is 19.3 Å². The van der Waals surface area contributed by atoms with Crippen LogP contribution in [0.3, 0.4) is 0 Å². The summed E-state index contributed by atoms with van der Waals surface area (Å²) in [5, 5.41) is 2.82. The van der Waals surface area contributed by atoms with Crippen molar-refractivity contribution in [3.63, 3.8) is 0 Å². The van der Waals surface area contributed by atoms with Crippen molar-refractivity contribution in [2.75, 3.05) is 4.72 Å². The molecule has 2 aromatic carbocycles. The molecule has 1 aromatic heterocycles. The monoisotopic (exact) mass is 555 g/mol. The van der Waals surface area contributed by atoms with E-state index in [-0.39, 0.29) is 21.9 Å². The maximum absolute atomic E-state index is 12.6. The summed E-state index contributed by atoms with van der Waals surface area (Å²) in [6.07, 6.45) is 4.10. The Morgan fingerprint density at radius 1 is 1.13 bits per heavy atom. The molecule has 0 spiro atoms. The smallest absolute Gasteiger partial charge is 0.261 e. The molecule has 0 atom stereocenters. The molecule has 3 rings (SSSR count). The number of sulfonamides is 1. The van der Waals surface area contributed by atoms with Gasteiger partial charge in [-0.3, -0.25) is 14.5 Å². The molecule has 0 fully saturated rings. The maximum Gasteiger partial charge on any atom is 0.261 e. The number of hydrogen-bond acceptors (Lipinski definition) is 5. The minimum absolute atomic E-state index is 0.0951. The quantitative estimate of drug-likeness (QED) is 0.408. The van der Waals surface area contributed by atoms with E-state index in [9.17, 15) is 13.2 Å². The van der Waals surface area contributed by atoms with E-state index in [1.807, 2.05) is 0 Å². The number of carbonyl (C=O) groups is 1. The number of hydrogen-bond donors (Lipinski definition) is 2. The molecular formula is C20H15ClIN3O4S. The number of rotatable bonds is 7. The third kappa shape index (κ3) is 5.49. The van der Waals surface area contributed by atoms with E-state index in [4.69, 9.17) is 16.3 Å². The molecule has 0 aliphatic carbocycles. The first-order valence-corrected chi connectivity index (χ1v) is 11.3. The van der Waals surface area contributed by atoms with E-state index in [0.717, 1.165) is 3.57 Å². The summed E-state index contributed by atoms with van der Waals surface area (Å²) >= 11 is 8.00. The molecule has 0 bridgehead atoms. The van der Waals surface area contributed by atoms with Gasteiger partial charge in [0, 0.05) is 21.5 Å². The van der Waals surface area contributed by atoms with Gasteiger partial charge in [0.1, 0.15) is 11.5 Å². The molecule has 1 heterocycles. The van der Waals surface area contributed by atoms with Crippen molar-refractivity contribution in [2.45, 2.75) is 4.90 Å². The number of nitrogens with one attached hydrogen (secondary N) is 2. The maximum atomic E-state index is 12.6. The van der Waals surface area contributed by atoms with Crippen LogP contribution >= 0.6 is 34.2 Å². The van der Waals surface area contributed by atoms with Crippen LogP contribution < -0.4 is 14.8 Å². The Labute approximate surface area is 192 Å². The minimum atomic E-state index is -3.84. The van der Waals surface area contributed by atoms with Gasteiger partial charge in [-0.05, 0) is 71.3 Å². The number of amides is 1. The third-order valence-electron chi connectivity index (χ3n) is 3.74. The molecule has 3 aromatic rings. The average molecular weight is 556 g/mol. The lowest BCUT2D eigenvalue weighted by Gasteiger charge is -2.14. The summed E-state index contributed by atoms with van der Waals surface area (Å²) in [6, 6.07) is 12.3. The highest BCUT2D eigenvalue weighted by Crippen LogP contribution is 2.30. The molecule has 30 heavy (non-hydrogen) atoms. The Morgan fingerprint density at radius 2 is 1.87 bits per heavy atom. The standard InChI is InChI=1S/C20H15ClIN3O4S/c1-2-24-20(26)18-10-15(25-30(27,28)17-6-3-14(22)4-7-17)5-8-19(18)29-16-9-13(21)11-23-12-16/h2-12,25H,1H2,(H,24,26). The Morgan fingerprint density at radius 3 is 2.53 bits per heavy atom. The fourth-order valence-electron chi connectivity index (χ4n) is 2.43. The fourth-order valence-corrected chi connectivity index (χ4v) is 4.01. The summed E-state index contributed by atoms with van der Waals surface area (Å²) in [5.74, 6) is -0.0108. The fraction of sp³-hybridized carbons (Fsp3) is 0. The van der Waals surface area contributed by atoms with Crippen molar-refractivity contribution in [3.05, 3.63) is 87.9 Å². The van der Waals surface area contributed by atoms with Crippen LogP contribution in [0.4, 0.5) is 5.69 Å². The highest BCUT2D eigenvalue weighted by molar-refractivity contribution is 14.1. The van der Waals surface area contributed by atoms with Gasteiger partial charge in [-0.2, -0.15) is 0 Å². The first kappa shape index (κ1) is 22.1. The van der Waals surface area contributed by atoms with Crippen LogP contribution in [0.5, 0.6) is 11.5 Å². The number of carbonyl (C=O) groups excluding carboxylic acids is 1. The zero-order valence-corrected chi connectivity index (χ0v) is 19.0. The number of benzene rings is 2. The number of nitrogens with zero attached hydrogens (tertiary/aromatic N) is 1. The van der Waals surface area contributed by atoms with E-state index in [0.29, 0.717) is 10.8 Å². The number of halogens is 2. The van der Waals surface area contributed by atoms with Crippen molar-refractivity contribution < 1.29 is 17.9 Å². The molecule has 0 aliphatic rings. The number of anilines is 1. The van der Waals surface area contributed by atoms with Crippen molar-refractivity contribution in [2.24, 2.45) is 0 Å². The van der Waals surface area contributed by atoms with Crippen LogP contribution in [0.2, 0.25) is 5.02 Å². The van der Waals surface area contributed by atoms with Crippen LogP contribution in [-0.2, 0) is 10.0 Å². The number of aromatic nitrogens is 1. The lowest BCUT2D eigenvalue weighted by Crippen LogP contribution is -2.18. The lowest BCUT2D eigenvalue weighted by atomic mass is 10.1. The van der Waals surface area contributed by atoms with Gasteiger partial charge in [-0.25, -0.2) is 8.42 Å². The summed E-state index contributed by atoms with van der Waals surface area (Å²) < 4.78 is 34.4. The number of ether oxygens (including phenoxy) is 1. The SMILES string of the molecule is C=CNC(=O)c1cc(NS(=O)(=O)c2ccc(I)cc2)ccc1Oc1cncc(Cl)c1. The molecule has 10 heteroatoms. The van der Waals surface area contributed by atoms with E-state index in [1.165, 1.54) is 55.0 Å². The zero-order valence-electron chi connectivity index (χ0n) is 15.3. The van der Waals surface area contributed by atoms with Gasteiger partial charge in [-0.15, -0.1) is 0 Å². The molecule has 0 saturated carbocycles. The second-order valence-electron chi connectivity index (χ2n) is 5.89. The summed E-state index contributed by atoms with van der Waals surface area (Å²) in [7, 11) is -3.84. The predicted molar refractivity (Wildman–Crippen MR) is 123 cm³/mol. The number of pyridine rings is 1. The molecular weight excluding hydrogens is 541 g/mol. The average Bonchev–Trinajstić information content (AvgIpc) is 2.69. The first-order valence-electron chi connectivity index (χ1n) is 8.41. The van der Waals surface area contributed by atoms with Crippen molar-refractivity contribution in [3.8, 4) is 11.5 Å². The van der Waals surface area contributed by atoms with Gasteiger partial charge >= 0.3 is 0 Å². The van der Waals surface area contributed by atoms with Crippen LogP contribution in [0.15, 0.2) is 78.6 Å². The molecule has 1 amide bonds. The zero-order chi connectivity index (χ0) is 21.7. The highest BCUT2D eigenvalue weighted by atomic mass is 127. The van der Waals surface area contributed by atoms with Gasteiger partial charge in [0.25, 0.3) is 15.9 Å². The summed E-state index contributed by atoms with van der Waals surface area (Å²) in [5.41, 5.74) is 0.289. The Kier molecular flexibility index (Phi) is 6.95.